The molecular formula is C14H15ClNPd. The Kier molecular flexibility index (Phi) is 5.88. The van der Waals surface area contributed by atoms with Crippen LogP contribution in [0.25, 0.3) is 11.1 Å². The maximum atomic E-state index is 5.66. The molecule has 0 heterocycles. The van der Waals surface area contributed by atoms with Crippen molar-refractivity contribution in [3.63, 3.8) is 0 Å². The summed E-state index contributed by atoms with van der Waals surface area (Å²) in [5.74, 6) is 0. The van der Waals surface area contributed by atoms with Gasteiger partial charge in [-0.1, -0.05) is 0 Å². The van der Waals surface area contributed by atoms with E-state index in [4.69, 9.17) is 5.73 Å². The standard InChI is InChI=1S/C14H14N.ClH.Pd/c15-11-10-13-8-4-5-9-14(13)12-6-2-1-3-7-12;;/h1-7,9H,10-11,15H2;1H;. The van der Waals surface area contributed by atoms with Crippen LogP contribution in [-0.2, 0) is 25.6 Å². The van der Waals surface area contributed by atoms with Gasteiger partial charge < -0.3 is 0 Å². The first kappa shape index (κ1) is 14.4. The summed E-state index contributed by atoms with van der Waals surface area (Å²) in [5, 5.41) is 0. The third-order valence-corrected chi connectivity index (χ3v) is 3.30. The van der Waals surface area contributed by atoms with Crippen LogP contribution in [0.4, 0.5) is 0 Å². The molecule has 2 aromatic rings. The van der Waals surface area contributed by atoms with Crippen molar-refractivity contribution in [3.8, 4) is 11.1 Å². The van der Waals surface area contributed by atoms with Crippen LogP contribution in [0, 0.1) is 0 Å². The van der Waals surface area contributed by atoms with E-state index in [0.717, 1.165) is 6.42 Å². The SMILES string of the molecule is Cl.NCCc1[c]([Pd])cccc1-c1ccccc1. The molecule has 0 saturated carbocycles. The van der Waals surface area contributed by atoms with Gasteiger partial charge in [0, 0.05) is 0 Å². The summed E-state index contributed by atoms with van der Waals surface area (Å²) in [6.07, 6.45) is 0.904. The molecule has 2 N–H and O–H groups in total. The van der Waals surface area contributed by atoms with Gasteiger partial charge in [-0.3, -0.25) is 0 Å². The number of nitrogens with two attached hydrogens (primary N) is 1. The molecule has 0 aliphatic carbocycles. The van der Waals surface area contributed by atoms with Crippen molar-refractivity contribution in [2.24, 2.45) is 5.73 Å². The molecule has 0 atom stereocenters. The van der Waals surface area contributed by atoms with Gasteiger partial charge in [0.05, 0.1) is 0 Å². The summed E-state index contributed by atoms with van der Waals surface area (Å²) >= 11 is 3.30. The molecule has 0 bridgehead atoms. The van der Waals surface area contributed by atoms with Crippen LogP contribution in [0.3, 0.4) is 0 Å². The van der Waals surface area contributed by atoms with Crippen LogP contribution in [0.1, 0.15) is 5.56 Å². The van der Waals surface area contributed by atoms with Crippen molar-refractivity contribution < 1.29 is 19.2 Å². The Balaban J connectivity index is 0.00000144. The molecule has 1 nitrogen and oxygen atoms in total. The van der Waals surface area contributed by atoms with Crippen molar-refractivity contribution in [1.29, 1.82) is 0 Å². The van der Waals surface area contributed by atoms with E-state index in [-0.39, 0.29) is 12.4 Å². The Morgan fingerprint density at radius 3 is 2.29 bits per heavy atom. The van der Waals surface area contributed by atoms with Crippen molar-refractivity contribution in [3.05, 3.63) is 54.1 Å². The first-order valence-electron chi connectivity index (χ1n) is 5.32. The summed E-state index contributed by atoms with van der Waals surface area (Å²) in [7, 11) is 0. The third-order valence-electron chi connectivity index (χ3n) is 2.57. The molecule has 0 aromatic heterocycles. The van der Waals surface area contributed by atoms with Gasteiger partial charge in [0.15, 0.2) is 0 Å². The fourth-order valence-electron chi connectivity index (χ4n) is 1.82. The quantitative estimate of drug-likeness (QED) is 0.855. The van der Waals surface area contributed by atoms with Gasteiger partial charge in [-0.05, 0) is 0 Å². The molecule has 0 spiro atoms. The molecular weight excluding hydrogens is 324 g/mol. The van der Waals surface area contributed by atoms with E-state index < -0.39 is 0 Å². The Morgan fingerprint density at radius 1 is 0.941 bits per heavy atom. The average Bonchev–Trinajstić information content (AvgIpc) is 2.33. The number of halogens is 1. The predicted molar refractivity (Wildman–Crippen MR) is 71.5 cm³/mol. The Morgan fingerprint density at radius 2 is 1.65 bits per heavy atom. The molecule has 0 radical (unpaired) electrons. The fourth-order valence-corrected chi connectivity index (χ4v) is 2.38. The van der Waals surface area contributed by atoms with Crippen LogP contribution >= 0.6 is 12.4 Å². The van der Waals surface area contributed by atoms with E-state index in [2.05, 4.69) is 61.7 Å². The summed E-state index contributed by atoms with van der Waals surface area (Å²) in [5.41, 5.74) is 9.49. The van der Waals surface area contributed by atoms with Crippen LogP contribution < -0.4 is 9.77 Å². The summed E-state index contributed by atoms with van der Waals surface area (Å²) in [6, 6.07) is 16.7. The minimum absolute atomic E-state index is 0. The van der Waals surface area contributed by atoms with Gasteiger partial charge in [-0.2, -0.15) is 0 Å². The number of benzene rings is 2. The zero-order chi connectivity index (χ0) is 11.4. The summed E-state index contributed by atoms with van der Waals surface area (Å²) in [6.45, 7) is 0.675. The van der Waals surface area contributed by atoms with E-state index in [9.17, 15) is 0 Å². The molecule has 0 fully saturated rings. The zero-order valence-electron chi connectivity index (χ0n) is 9.33. The zero-order valence-corrected chi connectivity index (χ0v) is 11.7. The molecule has 17 heavy (non-hydrogen) atoms. The van der Waals surface area contributed by atoms with E-state index in [1.165, 1.54) is 20.7 Å². The normalized spacial score (nSPS) is 9.82. The second-order valence-electron chi connectivity index (χ2n) is 3.64. The van der Waals surface area contributed by atoms with Crippen molar-refractivity contribution in [2.45, 2.75) is 6.42 Å². The monoisotopic (exact) mass is 338 g/mol. The molecule has 2 aromatic carbocycles. The van der Waals surface area contributed by atoms with Crippen molar-refractivity contribution in [2.75, 3.05) is 6.54 Å². The molecule has 0 aliphatic rings. The molecule has 0 unspecified atom stereocenters. The molecule has 2 rings (SSSR count). The van der Waals surface area contributed by atoms with E-state index in [1.807, 2.05) is 6.07 Å². The Labute approximate surface area is 119 Å². The molecule has 0 saturated heterocycles. The number of hydrogen-bond donors (Lipinski definition) is 1. The Bertz CT molecular complexity index is 471. The van der Waals surface area contributed by atoms with Crippen molar-refractivity contribution in [1.82, 2.24) is 0 Å². The first-order chi connectivity index (χ1) is 7.83. The van der Waals surface area contributed by atoms with Crippen LogP contribution in [-0.4, -0.2) is 6.54 Å². The summed E-state index contributed by atoms with van der Waals surface area (Å²) < 4.78 is 1.18. The molecule has 0 aliphatic heterocycles. The van der Waals surface area contributed by atoms with Crippen LogP contribution in [0.15, 0.2) is 48.5 Å². The van der Waals surface area contributed by atoms with Gasteiger partial charge in [-0.15, -0.1) is 12.4 Å². The molecule has 93 valence electrons. The third kappa shape index (κ3) is 3.40. The maximum absolute atomic E-state index is 5.66. The second kappa shape index (κ2) is 6.94. The van der Waals surface area contributed by atoms with Crippen LogP contribution in [0.5, 0.6) is 0 Å². The average molecular weight is 339 g/mol. The van der Waals surface area contributed by atoms with Gasteiger partial charge in [0.1, 0.15) is 0 Å². The Hall–Kier alpha value is -0.648. The van der Waals surface area contributed by atoms with Gasteiger partial charge in [0.25, 0.3) is 0 Å². The first-order valence-corrected chi connectivity index (χ1v) is 6.10. The number of hydrogen-bond acceptors (Lipinski definition) is 1. The predicted octanol–water partition coefficient (Wildman–Crippen LogP) is 2.45. The van der Waals surface area contributed by atoms with E-state index >= 15 is 0 Å². The molecule has 3 heteroatoms. The van der Waals surface area contributed by atoms with Gasteiger partial charge in [0.2, 0.25) is 0 Å². The second-order valence-corrected chi connectivity index (χ2v) is 4.47. The topological polar surface area (TPSA) is 26.0 Å². The minimum atomic E-state index is 0. The van der Waals surface area contributed by atoms with Crippen molar-refractivity contribution >= 4 is 16.4 Å². The number of rotatable bonds is 3. The van der Waals surface area contributed by atoms with Gasteiger partial charge >= 0.3 is 107 Å². The van der Waals surface area contributed by atoms with Crippen LogP contribution in [0.2, 0.25) is 0 Å². The van der Waals surface area contributed by atoms with Gasteiger partial charge in [-0.25, -0.2) is 0 Å². The fraction of sp³-hybridized carbons (Fsp3) is 0.143. The van der Waals surface area contributed by atoms with E-state index in [1.54, 1.807) is 0 Å². The van der Waals surface area contributed by atoms with E-state index in [0.29, 0.717) is 6.54 Å². The summed E-state index contributed by atoms with van der Waals surface area (Å²) in [4.78, 5) is 0. The molecule has 0 amide bonds.